The fourth-order valence-electron chi connectivity index (χ4n) is 11.6. The molecule has 1 amide bonds. The molecule has 0 aliphatic carbocycles. The van der Waals surface area contributed by atoms with Crippen molar-refractivity contribution in [2.75, 3.05) is 13.2 Å². The van der Waals surface area contributed by atoms with Crippen molar-refractivity contribution in [3.05, 3.63) is 0 Å². The molecule has 0 aromatic carbocycles. The second-order valence-corrected chi connectivity index (χ2v) is 24.3. The Bertz CT molecular complexity index is 1160. The van der Waals surface area contributed by atoms with E-state index in [2.05, 4.69) is 19.2 Å². The molecule has 7 atom stereocenters. The van der Waals surface area contributed by atoms with Gasteiger partial charge in [0.25, 0.3) is 0 Å². The van der Waals surface area contributed by atoms with E-state index < -0.39 is 49.5 Å². The van der Waals surface area contributed by atoms with E-state index in [1.807, 2.05) is 0 Å². The summed E-state index contributed by atoms with van der Waals surface area (Å²) in [4.78, 5) is 13.1. The summed E-state index contributed by atoms with van der Waals surface area (Å²) in [7, 11) is 0. The predicted molar refractivity (Wildman–Crippen MR) is 323 cm³/mol. The van der Waals surface area contributed by atoms with Gasteiger partial charge in [-0.2, -0.15) is 0 Å². The molecule has 1 fully saturated rings. The number of hydrogen-bond acceptors (Lipinski definition) is 8. The average molecular weight is 1080 g/mol. The molecule has 1 aliphatic heterocycles. The van der Waals surface area contributed by atoms with Crippen LogP contribution in [-0.2, 0) is 14.3 Å². The summed E-state index contributed by atoms with van der Waals surface area (Å²) in [6.07, 6.45) is 64.5. The van der Waals surface area contributed by atoms with Crippen molar-refractivity contribution in [2.24, 2.45) is 0 Å². The Labute approximate surface area is 472 Å². The molecule has 0 saturated carbocycles. The third-order valence-electron chi connectivity index (χ3n) is 17.0. The fraction of sp³-hybridized carbons (Fsp3) is 0.985. The monoisotopic (exact) mass is 1080 g/mol. The SMILES string of the molecule is CCCCCCCCCCCCCCCCCCCCCCCCCCCCCC(O)C(COC1OC(CO)C(O)C(O)C1O)NC(=O)CCCCCCCCCCCCCCCCCCCCCCCCCCCC. The maximum Gasteiger partial charge on any atom is 0.220 e. The molecular weight excluding hydrogens is 947 g/mol. The Morgan fingerprint density at radius 1 is 0.395 bits per heavy atom. The first-order chi connectivity index (χ1) is 37.3. The van der Waals surface area contributed by atoms with E-state index in [9.17, 15) is 30.3 Å². The summed E-state index contributed by atoms with van der Waals surface area (Å²) in [6, 6.07) is -0.715. The van der Waals surface area contributed by atoms with E-state index in [-0.39, 0.29) is 12.5 Å². The number of nitrogens with one attached hydrogen (secondary N) is 1. The van der Waals surface area contributed by atoms with Crippen molar-refractivity contribution < 1.29 is 39.8 Å². The smallest absolute Gasteiger partial charge is 0.220 e. The lowest BCUT2D eigenvalue weighted by Crippen LogP contribution is -2.60. The molecule has 1 saturated heterocycles. The van der Waals surface area contributed by atoms with Crippen molar-refractivity contribution in [1.29, 1.82) is 0 Å². The molecule has 0 radical (unpaired) electrons. The first kappa shape index (κ1) is 73.2. The van der Waals surface area contributed by atoms with Crippen LogP contribution in [0.5, 0.6) is 0 Å². The van der Waals surface area contributed by atoms with Crippen LogP contribution in [0.2, 0.25) is 0 Å². The number of carbonyl (C=O) groups is 1. The van der Waals surface area contributed by atoms with Gasteiger partial charge in [0, 0.05) is 6.42 Å². The molecule has 9 nitrogen and oxygen atoms in total. The zero-order chi connectivity index (χ0) is 55.0. The molecule has 0 aromatic heterocycles. The van der Waals surface area contributed by atoms with Crippen molar-refractivity contribution in [2.45, 2.75) is 410 Å². The average Bonchev–Trinajstić information content (AvgIpc) is 3.42. The molecule has 76 heavy (non-hydrogen) atoms. The standard InChI is InChI=1S/C67H133NO8/c1-3-5-7-9-11-13-15-17-19-21-23-25-27-29-31-32-34-36-38-40-42-44-46-48-50-52-54-56-61(70)60(59-75-67-66(74)65(73)64(72)62(58-69)76-67)68-63(71)57-55-53-51-49-47-45-43-41-39-37-35-33-30-28-26-24-22-20-18-16-14-12-10-8-6-4-2/h60-62,64-67,69-70,72-74H,3-59H2,1-2H3,(H,68,71). The third kappa shape index (κ3) is 45.9. The topological polar surface area (TPSA) is 149 Å². The molecule has 0 bridgehead atoms. The number of ether oxygens (including phenoxy) is 2. The molecule has 1 heterocycles. The van der Waals surface area contributed by atoms with Crippen LogP contribution in [0.15, 0.2) is 0 Å². The van der Waals surface area contributed by atoms with Gasteiger partial charge >= 0.3 is 0 Å². The lowest BCUT2D eigenvalue weighted by atomic mass is 9.99. The molecule has 454 valence electrons. The van der Waals surface area contributed by atoms with Gasteiger partial charge < -0.3 is 40.3 Å². The number of rotatable bonds is 61. The molecule has 0 spiro atoms. The highest BCUT2D eigenvalue weighted by molar-refractivity contribution is 5.76. The number of aliphatic hydroxyl groups excluding tert-OH is 5. The second kappa shape index (κ2) is 57.4. The molecular formula is C67H133NO8. The molecule has 0 aromatic rings. The van der Waals surface area contributed by atoms with Gasteiger partial charge in [-0.1, -0.05) is 348 Å². The Balaban J connectivity index is 2.11. The lowest BCUT2D eigenvalue weighted by molar-refractivity contribution is -0.302. The molecule has 6 N–H and O–H groups in total. The van der Waals surface area contributed by atoms with Gasteiger partial charge in [0.1, 0.15) is 24.4 Å². The maximum atomic E-state index is 13.1. The highest BCUT2D eigenvalue weighted by Crippen LogP contribution is 2.24. The van der Waals surface area contributed by atoms with E-state index >= 15 is 0 Å². The largest absolute Gasteiger partial charge is 0.394 e. The Kier molecular flexibility index (Phi) is 55.3. The normalized spacial score (nSPS) is 18.6. The number of unbranched alkanes of at least 4 members (excludes halogenated alkanes) is 51. The van der Waals surface area contributed by atoms with Crippen molar-refractivity contribution >= 4 is 5.91 Å². The number of carbonyl (C=O) groups excluding carboxylic acids is 1. The minimum Gasteiger partial charge on any atom is -0.394 e. The van der Waals surface area contributed by atoms with E-state index in [1.54, 1.807) is 0 Å². The summed E-state index contributed by atoms with van der Waals surface area (Å²) in [5.74, 6) is -0.133. The maximum absolute atomic E-state index is 13.1. The van der Waals surface area contributed by atoms with Crippen LogP contribution in [0.4, 0.5) is 0 Å². The van der Waals surface area contributed by atoms with E-state index in [4.69, 9.17) is 9.47 Å². The Hall–Kier alpha value is -0.810. The minimum atomic E-state index is -1.55. The number of amides is 1. The molecule has 7 unspecified atom stereocenters. The summed E-state index contributed by atoms with van der Waals surface area (Å²) in [6.45, 7) is 3.91. The summed E-state index contributed by atoms with van der Waals surface area (Å²) < 4.78 is 11.4. The van der Waals surface area contributed by atoms with Gasteiger partial charge in [0.15, 0.2) is 6.29 Å². The summed E-state index contributed by atoms with van der Waals surface area (Å²) in [5, 5.41) is 54.9. The second-order valence-electron chi connectivity index (χ2n) is 24.3. The van der Waals surface area contributed by atoms with Crippen LogP contribution >= 0.6 is 0 Å². The lowest BCUT2D eigenvalue weighted by Gasteiger charge is -2.40. The Morgan fingerprint density at radius 3 is 0.934 bits per heavy atom. The molecule has 9 heteroatoms. The van der Waals surface area contributed by atoms with Crippen molar-refractivity contribution in [1.82, 2.24) is 5.32 Å². The first-order valence-corrected chi connectivity index (χ1v) is 34.2. The fourth-order valence-corrected chi connectivity index (χ4v) is 11.6. The van der Waals surface area contributed by atoms with Crippen LogP contribution in [-0.4, -0.2) is 87.5 Å². The van der Waals surface area contributed by atoms with E-state index in [0.29, 0.717) is 12.8 Å². The van der Waals surface area contributed by atoms with Crippen LogP contribution in [0.25, 0.3) is 0 Å². The summed E-state index contributed by atoms with van der Waals surface area (Å²) in [5.41, 5.74) is 0. The van der Waals surface area contributed by atoms with E-state index in [0.717, 1.165) is 38.5 Å². The van der Waals surface area contributed by atoms with E-state index in [1.165, 1.54) is 302 Å². The molecule has 1 aliphatic rings. The third-order valence-corrected chi connectivity index (χ3v) is 17.0. The van der Waals surface area contributed by atoms with Crippen molar-refractivity contribution in [3.8, 4) is 0 Å². The van der Waals surface area contributed by atoms with Gasteiger partial charge in [-0.15, -0.1) is 0 Å². The number of aliphatic hydroxyl groups is 5. The minimum absolute atomic E-state index is 0.130. The molecule has 1 rings (SSSR count). The summed E-state index contributed by atoms with van der Waals surface area (Å²) >= 11 is 0. The van der Waals surface area contributed by atoms with Gasteiger partial charge in [-0.05, 0) is 12.8 Å². The van der Waals surface area contributed by atoms with Crippen LogP contribution < -0.4 is 5.32 Å². The van der Waals surface area contributed by atoms with Crippen LogP contribution in [0.1, 0.15) is 367 Å². The Morgan fingerprint density at radius 2 is 0.658 bits per heavy atom. The number of hydrogen-bond donors (Lipinski definition) is 6. The van der Waals surface area contributed by atoms with Crippen LogP contribution in [0.3, 0.4) is 0 Å². The van der Waals surface area contributed by atoms with Gasteiger partial charge in [0.05, 0.1) is 25.4 Å². The predicted octanol–water partition coefficient (Wildman–Crippen LogP) is 18.1. The first-order valence-electron chi connectivity index (χ1n) is 34.2. The highest BCUT2D eigenvalue weighted by Gasteiger charge is 2.44. The van der Waals surface area contributed by atoms with Crippen molar-refractivity contribution in [3.63, 3.8) is 0 Å². The quantitative estimate of drug-likeness (QED) is 0.0330. The van der Waals surface area contributed by atoms with Crippen LogP contribution in [0, 0.1) is 0 Å². The van der Waals surface area contributed by atoms with Gasteiger partial charge in [0.2, 0.25) is 5.91 Å². The van der Waals surface area contributed by atoms with Gasteiger partial charge in [-0.3, -0.25) is 4.79 Å². The highest BCUT2D eigenvalue weighted by atomic mass is 16.7. The zero-order valence-electron chi connectivity index (χ0n) is 50.8. The van der Waals surface area contributed by atoms with Gasteiger partial charge in [-0.25, -0.2) is 0 Å². The zero-order valence-corrected chi connectivity index (χ0v) is 50.8.